The molecule has 0 radical (unpaired) electrons. The zero-order valence-corrected chi connectivity index (χ0v) is 13.3. The molecule has 0 atom stereocenters. The lowest BCUT2D eigenvalue weighted by molar-refractivity contribution is -0.122. The fourth-order valence-electron chi connectivity index (χ4n) is 2.60. The monoisotopic (exact) mass is 329 g/mol. The summed E-state index contributed by atoms with van der Waals surface area (Å²) in [6, 6.07) is 7.54. The van der Waals surface area contributed by atoms with E-state index in [0.29, 0.717) is 11.4 Å². The molecule has 1 saturated heterocycles. The normalized spacial score (nSPS) is 16.7. The van der Waals surface area contributed by atoms with Gasteiger partial charge in [0.25, 0.3) is 11.1 Å². The van der Waals surface area contributed by atoms with Gasteiger partial charge in [0.15, 0.2) is 0 Å². The number of carbonyl (C=O) groups excluding carboxylic acids is 3. The van der Waals surface area contributed by atoms with Gasteiger partial charge in [0.05, 0.1) is 4.91 Å². The molecule has 23 heavy (non-hydrogen) atoms. The van der Waals surface area contributed by atoms with Crippen molar-refractivity contribution in [3.63, 3.8) is 0 Å². The van der Waals surface area contributed by atoms with Gasteiger partial charge >= 0.3 is 0 Å². The molecule has 0 spiro atoms. The molecule has 7 heteroatoms. The smallest absolute Gasteiger partial charge is 0.293 e. The molecular weight excluding hydrogens is 314 g/mol. The van der Waals surface area contributed by atoms with Crippen LogP contribution in [0.15, 0.2) is 35.4 Å². The summed E-state index contributed by atoms with van der Waals surface area (Å²) in [4.78, 5) is 36.8. The van der Waals surface area contributed by atoms with E-state index in [1.165, 1.54) is 4.90 Å². The molecule has 1 aliphatic rings. The molecule has 2 aromatic rings. The van der Waals surface area contributed by atoms with Crippen LogP contribution < -0.4 is 5.73 Å². The second kappa shape index (κ2) is 5.92. The van der Waals surface area contributed by atoms with Crippen molar-refractivity contribution in [2.45, 2.75) is 13.5 Å². The molecule has 1 aromatic heterocycles. The minimum atomic E-state index is -0.441. The van der Waals surface area contributed by atoms with Gasteiger partial charge in [-0.05, 0) is 30.8 Å². The number of primary amides is 1. The number of benzene rings is 1. The molecule has 1 fully saturated rings. The summed E-state index contributed by atoms with van der Waals surface area (Å²) in [5.41, 5.74) is 6.92. The Labute approximate surface area is 136 Å². The lowest BCUT2D eigenvalue weighted by Gasteiger charge is -2.06. The summed E-state index contributed by atoms with van der Waals surface area (Å²) < 4.78 is 1.74. The second-order valence-corrected chi connectivity index (χ2v) is 6.11. The number of para-hydroxylation sites is 1. The minimum absolute atomic E-state index is 0.0603. The zero-order chi connectivity index (χ0) is 16.6. The van der Waals surface area contributed by atoms with Crippen LogP contribution in [-0.4, -0.2) is 33.1 Å². The number of fused-ring (bicyclic) bond motifs is 1. The van der Waals surface area contributed by atoms with Crippen molar-refractivity contribution in [2.75, 3.05) is 6.54 Å². The molecule has 0 saturated carbocycles. The maximum atomic E-state index is 12.2. The summed E-state index contributed by atoms with van der Waals surface area (Å²) in [5, 5.41) is 0.640. The van der Waals surface area contributed by atoms with Gasteiger partial charge in [-0.2, -0.15) is 0 Å². The summed E-state index contributed by atoms with van der Waals surface area (Å²) in [6.45, 7) is 2.17. The Bertz CT molecular complexity index is 853. The number of likely N-dealkylation sites (N-methyl/N-ethyl adjacent to an activating group) is 1. The standard InChI is InChI=1S/C16H15N3O3S/c1-2-19-15(21)13(23-16(19)22)7-10-8-18(9-14(17)20)12-6-4-3-5-11(10)12/h3-8H,2,9H2,1H3,(H2,17,20)/b13-7-. The van der Waals surface area contributed by atoms with Crippen molar-refractivity contribution in [1.82, 2.24) is 9.47 Å². The molecule has 0 aliphatic carbocycles. The Kier molecular flexibility index (Phi) is 3.96. The van der Waals surface area contributed by atoms with E-state index >= 15 is 0 Å². The van der Waals surface area contributed by atoms with Gasteiger partial charge in [-0.25, -0.2) is 0 Å². The van der Waals surface area contributed by atoms with Crippen molar-refractivity contribution in [3.8, 4) is 0 Å². The molecule has 118 valence electrons. The van der Waals surface area contributed by atoms with Gasteiger partial charge in [0, 0.05) is 29.2 Å². The molecule has 3 rings (SSSR count). The Morgan fingerprint density at radius 2 is 2.04 bits per heavy atom. The third kappa shape index (κ3) is 2.75. The minimum Gasteiger partial charge on any atom is -0.368 e. The van der Waals surface area contributed by atoms with Crippen molar-refractivity contribution in [2.24, 2.45) is 5.73 Å². The first-order valence-corrected chi connectivity index (χ1v) is 7.94. The highest BCUT2D eigenvalue weighted by molar-refractivity contribution is 8.18. The van der Waals surface area contributed by atoms with Crippen LogP contribution in [0.25, 0.3) is 17.0 Å². The maximum Gasteiger partial charge on any atom is 0.293 e. The van der Waals surface area contributed by atoms with E-state index < -0.39 is 5.91 Å². The molecular formula is C16H15N3O3S. The topological polar surface area (TPSA) is 85.4 Å². The quantitative estimate of drug-likeness (QED) is 0.871. The van der Waals surface area contributed by atoms with E-state index in [2.05, 4.69) is 0 Å². The first kappa shape index (κ1) is 15.4. The molecule has 3 amide bonds. The zero-order valence-electron chi connectivity index (χ0n) is 12.5. The SMILES string of the molecule is CCN1C(=O)S/C(=C\c2cn(CC(N)=O)c3ccccc23)C1=O. The Hall–Kier alpha value is -2.54. The van der Waals surface area contributed by atoms with E-state index in [1.807, 2.05) is 24.3 Å². The number of carbonyl (C=O) groups is 3. The summed E-state index contributed by atoms with van der Waals surface area (Å²) >= 11 is 0.931. The lowest BCUT2D eigenvalue weighted by atomic mass is 10.1. The molecule has 6 nitrogen and oxygen atoms in total. The Balaban J connectivity index is 2.07. The van der Waals surface area contributed by atoms with Crippen LogP contribution in [-0.2, 0) is 16.1 Å². The van der Waals surface area contributed by atoms with E-state index in [0.717, 1.165) is 28.2 Å². The second-order valence-electron chi connectivity index (χ2n) is 5.12. The largest absolute Gasteiger partial charge is 0.368 e. The van der Waals surface area contributed by atoms with Crippen LogP contribution in [0.1, 0.15) is 12.5 Å². The van der Waals surface area contributed by atoms with E-state index in [9.17, 15) is 14.4 Å². The highest BCUT2D eigenvalue weighted by Gasteiger charge is 2.33. The molecule has 2 N–H and O–H groups in total. The van der Waals surface area contributed by atoms with Crippen molar-refractivity contribution >= 4 is 45.8 Å². The lowest BCUT2D eigenvalue weighted by Crippen LogP contribution is -2.27. The predicted octanol–water partition coefficient (Wildman–Crippen LogP) is 2.18. The van der Waals surface area contributed by atoms with Gasteiger partial charge in [-0.3, -0.25) is 19.3 Å². The van der Waals surface area contributed by atoms with Crippen LogP contribution in [0.2, 0.25) is 0 Å². The van der Waals surface area contributed by atoms with Crippen molar-refractivity contribution in [1.29, 1.82) is 0 Å². The van der Waals surface area contributed by atoms with E-state index in [-0.39, 0.29) is 17.7 Å². The number of aromatic nitrogens is 1. The Morgan fingerprint density at radius 3 is 2.70 bits per heavy atom. The van der Waals surface area contributed by atoms with Gasteiger partial charge < -0.3 is 10.3 Å². The average Bonchev–Trinajstić information content (AvgIpc) is 2.98. The number of hydrogen-bond donors (Lipinski definition) is 1. The number of rotatable bonds is 4. The number of thioether (sulfide) groups is 1. The number of imide groups is 1. The van der Waals surface area contributed by atoms with Crippen molar-refractivity contribution < 1.29 is 14.4 Å². The first-order chi connectivity index (χ1) is 11.0. The summed E-state index contributed by atoms with van der Waals surface area (Å²) in [5.74, 6) is -0.724. The van der Waals surface area contributed by atoms with Gasteiger partial charge in [0.1, 0.15) is 6.54 Å². The number of nitrogens with two attached hydrogens (primary N) is 1. The third-order valence-electron chi connectivity index (χ3n) is 3.62. The van der Waals surface area contributed by atoms with E-state index in [4.69, 9.17) is 5.73 Å². The van der Waals surface area contributed by atoms with Gasteiger partial charge in [-0.15, -0.1) is 0 Å². The van der Waals surface area contributed by atoms with Crippen LogP contribution >= 0.6 is 11.8 Å². The highest BCUT2D eigenvalue weighted by atomic mass is 32.2. The number of hydrogen-bond acceptors (Lipinski definition) is 4. The number of nitrogens with zero attached hydrogens (tertiary/aromatic N) is 2. The summed E-state index contributed by atoms with van der Waals surface area (Å²) in [6.07, 6.45) is 3.47. The van der Waals surface area contributed by atoms with Crippen LogP contribution in [0.3, 0.4) is 0 Å². The predicted molar refractivity (Wildman–Crippen MR) is 89.5 cm³/mol. The maximum absolute atomic E-state index is 12.2. The molecule has 1 aromatic carbocycles. The molecule has 2 heterocycles. The molecule has 1 aliphatic heterocycles. The van der Waals surface area contributed by atoms with E-state index in [1.54, 1.807) is 23.8 Å². The van der Waals surface area contributed by atoms with Gasteiger partial charge in [0.2, 0.25) is 5.91 Å². The van der Waals surface area contributed by atoms with Crippen LogP contribution in [0.5, 0.6) is 0 Å². The average molecular weight is 329 g/mol. The van der Waals surface area contributed by atoms with Crippen LogP contribution in [0.4, 0.5) is 4.79 Å². The third-order valence-corrected chi connectivity index (χ3v) is 4.53. The highest BCUT2D eigenvalue weighted by Crippen LogP contribution is 2.33. The van der Waals surface area contributed by atoms with Gasteiger partial charge in [-0.1, -0.05) is 18.2 Å². The van der Waals surface area contributed by atoms with Crippen LogP contribution in [0, 0.1) is 0 Å². The molecule has 0 bridgehead atoms. The molecule has 0 unspecified atom stereocenters. The summed E-state index contributed by atoms with van der Waals surface area (Å²) in [7, 11) is 0. The number of amides is 3. The van der Waals surface area contributed by atoms with Crippen molar-refractivity contribution in [3.05, 3.63) is 40.9 Å². The Morgan fingerprint density at radius 1 is 1.30 bits per heavy atom. The fourth-order valence-corrected chi connectivity index (χ4v) is 3.50. The first-order valence-electron chi connectivity index (χ1n) is 7.12. The fraction of sp³-hybridized carbons (Fsp3) is 0.188.